The van der Waals surface area contributed by atoms with Gasteiger partial charge in [-0.3, -0.25) is 0 Å². The van der Waals surface area contributed by atoms with Crippen LogP contribution in [0.2, 0.25) is 36.3 Å². The lowest BCUT2D eigenvalue weighted by molar-refractivity contribution is 1.40. The second-order valence-electron chi connectivity index (χ2n) is 9.79. The molecule has 0 saturated carbocycles. The first kappa shape index (κ1) is 28.7. The van der Waals surface area contributed by atoms with Gasteiger partial charge in [0.1, 0.15) is 16.1 Å². The summed E-state index contributed by atoms with van der Waals surface area (Å²) >= 11 is 0. The van der Waals surface area contributed by atoms with Crippen LogP contribution < -0.4 is 0 Å². The zero-order chi connectivity index (χ0) is 27.4. The quantitative estimate of drug-likeness (QED) is 0.0958. The zero-order valence-electron chi connectivity index (χ0n) is 22.4. The highest BCUT2D eigenvalue weighted by atomic mass is 28.3. The summed E-state index contributed by atoms with van der Waals surface area (Å²) in [6.45, 7) is 23.8. The fourth-order valence-electron chi connectivity index (χ4n) is 4.83. The van der Waals surface area contributed by atoms with Crippen molar-refractivity contribution in [3.8, 4) is 22.9 Å². The first-order chi connectivity index (χ1) is 18.5. The molecule has 0 atom stereocenters. The van der Waals surface area contributed by atoms with Gasteiger partial charge in [-0.25, -0.2) is 0 Å². The molecule has 0 aliphatic heterocycles. The summed E-state index contributed by atoms with van der Waals surface area (Å²) < 4.78 is 0. The van der Waals surface area contributed by atoms with E-state index >= 15 is 0 Å². The molecule has 0 N–H and O–H groups in total. The fraction of sp³-hybridized carbons (Fsp3) is 0.167. The lowest BCUT2D eigenvalue weighted by atomic mass is 10.0. The van der Waals surface area contributed by atoms with Crippen LogP contribution in [0.5, 0.6) is 0 Å². The standard InChI is InChI=1S/C36H36Si2/c1-7-19-37(20-8-2,21-9-3)25-17-31-13-15-33-30-36-28-32(14-16-34(36)29-35(33)27-31)18-26-38(22-10-4,23-11-5)24-12-6/h7-16,27-28H,1-6,19-24H2. The molecular formula is C36H36Si2. The number of benzene rings is 3. The zero-order valence-corrected chi connectivity index (χ0v) is 24.4. The van der Waals surface area contributed by atoms with Gasteiger partial charge >= 0.3 is 0 Å². The second-order valence-corrected chi connectivity index (χ2v) is 17.9. The molecule has 0 bridgehead atoms. The SMILES string of the molecule is C=CC[Si](C#Cc1ccc2[c]c3cc(C#C[Si](CC=C)(CC=C)CC=C)ccc3[c]c2c1)(CC=C)CC=C. The molecule has 0 nitrogen and oxygen atoms in total. The lowest BCUT2D eigenvalue weighted by Gasteiger charge is -2.21. The molecule has 0 amide bonds. The summed E-state index contributed by atoms with van der Waals surface area (Å²) in [6, 6.07) is 25.3. The lowest BCUT2D eigenvalue weighted by Crippen LogP contribution is -2.30. The van der Waals surface area contributed by atoms with Crippen LogP contribution in [0.3, 0.4) is 0 Å². The molecule has 3 rings (SSSR count). The van der Waals surface area contributed by atoms with Gasteiger partial charge in [0.05, 0.1) is 0 Å². The van der Waals surface area contributed by atoms with Crippen molar-refractivity contribution in [3.63, 3.8) is 0 Å². The number of rotatable bonds is 12. The Labute approximate surface area is 231 Å². The van der Waals surface area contributed by atoms with E-state index in [-0.39, 0.29) is 0 Å². The summed E-state index contributed by atoms with van der Waals surface area (Å²) in [4.78, 5) is 0. The minimum absolute atomic E-state index is 0.930. The molecule has 0 heterocycles. The molecule has 3 aromatic rings. The molecular weight excluding hydrogens is 489 g/mol. The van der Waals surface area contributed by atoms with Crippen molar-refractivity contribution in [3.05, 3.63) is 136 Å². The maximum Gasteiger partial charge on any atom is 0.149 e. The van der Waals surface area contributed by atoms with Crippen molar-refractivity contribution < 1.29 is 0 Å². The minimum atomic E-state index is -1.89. The molecule has 0 spiro atoms. The van der Waals surface area contributed by atoms with Crippen LogP contribution in [0, 0.1) is 35.1 Å². The first-order valence-corrected chi connectivity index (χ1v) is 18.2. The molecule has 2 radical (unpaired) electrons. The Balaban J connectivity index is 1.99. The summed E-state index contributed by atoms with van der Waals surface area (Å²) in [5, 5.41) is 4.07. The fourth-order valence-corrected chi connectivity index (χ4v) is 10.6. The van der Waals surface area contributed by atoms with Crippen LogP contribution in [0.4, 0.5) is 0 Å². The third-order valence-corrected chi connectivity index (χ3v) is 14.5. The van der Waals surface area contributed by atoms with E-state index in [1.54, 1.807) is 0 Å². The minimum Gasteiger partial charge on any atom is -0.125 e. The highest BCUT2D eigenvalue weighted by Crippen LogP contribution is 2.26. The van der Waals surface area contributed by atoms with Gasteiger partial charge in [-0.05, 0) is 94.2 Å². The maximum atomic E-state index is 3.96. The van der Waals surface area contributed by atoms with Crippen molar-refractivity contribution in [2.45, 2.75) is 36.3 Å². The summed E-state index contributed by atoms with van der Waals surface area (Å²) in [5.74, 6) is 6.90. The van der Waals surface area contributed by atoms with Crippen LogP contribution in [-0.4, -0.2) is 16.1 Å². The molecule has 0 aromatic heterocycles. The predicted molar refractivity (Wildman–Crippen MR) is 174 cm³/mol. The predicted octanol–water partition coefficient (Wildman–Crippen LogP) is 9.39. The average molecular weight is 525 g/mol. The molecule has 0 aliphatic rings. The molecule has 0 aliphatic carbocycles. The summed E-state index contributed by atoms with van der Waals surface area (Å²) in [7, 11) is -3.79. The van der Waals surface area contributed by atoms with E-state index in [9.17, 15) is 0 Å². The summed E-state index contributed by atoms with van der Waals surface area (Å²) in [6.07, 6.45) is 11.9. The molecule has 0 unspecified atom stereocenters. The molecule has 3 aromatic carbocycles. The van der Waals surface area contributed by atoms with Crippen LogP contribution in [0.25, 0.3) is 21.5 Å². The van der Waals surface area contributed by atoms with Gasteiger partial charge in [0.25, 0.3) is 0 Å². The van der Waals surface area contributed by atoms with Crippen LogP contribution >= 0.6 is 0 Å². The van der Waals surface area contributed by atoms with Crippen molar-refractivity contribution in [2.75, 3.05) is 0 Å². The van der Waals surface area contributed by atoms with E-state index in [4.69, 9.17) is 0 Å². The number of allylic oxidation sites excluding steroid dienone is 6. The topological polar surface area (TPSA) is 0 Å². The Bertz CT molecular complexity index is 1330. The molecule has 2 heteroatoms. The van der Waals surface area contributed by atoms with E-state index in [2.05, 4.69) is 111 Å². The van der Waals surface area contributed by atoms with Crippen LogP contribution in [0.1, 0.15) is 11.1 Å². The smallest absolute Gasteiger partial charge is 0.125 e. The normalized spacial score (nSPS) is 10.9. The third-order valence-electron chi connectivity index (χ3n) is 6.73. The van der Waals surface area contributed by atoms with Gasteiger partial charge in [-0.1, -0.05) is 60.4 Å². The van der Waals surface area contributed by atoms with Crippen LogP contribution in [-0.2, 0) is 0 Å². The Morgan fingerprint density at radius 3 is 1.11 bits per heavy atom. The van der Waals surface area contributed by atoms with Gasteiger partial charge in [-0.15, -0.1) is 50.6 Å². The molecule has 0 fully saturated rings. The number of hydrogen-bond donors (Lipinski definition) is 0. The van der Waals surface area contributed by atoms with Crippen molar-refractivity contribution in [2.24, 2.45) is 0 Å². The largest absolute Gasteiger partial charge is 0.149 e. The van der Waals surface area contributed by atoms with Gasteiger partial charge in [0, 0.05) is 11.1 Å². The average Bonchev–Trinajstić information content (AvgIpc) is 2.90. The molecule has 188 valence electrons. The Morgan fingerprint density at radius 2 is 0.816 bits per heavy atom. The number of hydrogen-bond acceptors (Lipinski definition) is 0. The third kappa shape index (κ3) is 7.14. The van der Waals surface area contributed by atoms with E-state index in [0.717, 1.165) is 68.9 Å². The van der Waals surface area contributed by atoms with Gasteiger partial charge in [0.15, 0.2) is 0 Å². The van der Waals surface area contributed by atoms with E-state index in [1.165, 1.54) is 0 Å². The Hall–Kier alpha value is -3.83. The van der Waals surface area contributed by atoms with Crippen LogP contribution in [0.15, 0.2) is 112 Å². The number of fused-ring (bicyclic) bond motifs is 2. The van der Waals surface area contributed by atoms with Gasteiger partial charge < -0.3 is 0 Å². The summed E-state index contributed by atoms with van der Waals surface area (Å²) in [5.41, 5.74) is 9.25. The highest BCUT2D eigenvalue weighted by Gasteiger charge is 2.27. The van der Waals surface area contributed by atoms with Crippen molar-refractivity contribution in [1.29, 1.82) is 0 Å². The molecule has 0 saturated heterocycles. The van der Waals surface area contributed by atoms with E-state index in [1.807, 2.05) is 36.5 Å². The monoisotopic (exact) mass is 524 g/mol. The van der Waals surface area contributed by atoms with Crippen molar-refractivity contribution >= 4 is 37.7 Å². The van der Waals surface area contributed by atoms with Gasteiger partial charge in [-0.2, -0.15) is 0 Å². The Kier molecular flexibility index (Phi) is 10.3. The van der Waals surface area contributed by atoms with E-state index < -0.39 is 16.1 Å². The highest BCUT2D eigenvalue weighted by molar-refractivity contribution is 6.88. The Morgan fingerprint density at radius 1 is 0.500 bits per heavy atom. The van der Waals surface area contributed by atoms with Gasteiger partial charge in [0.2, 0.25) is 0 Å². The second kappa shape index (κ2) is 13.6. The molecule has 38 heavy (non-hydrogen) atoms. The first-order valence-electron chi connectivity index (χ1n) is 13.0. The maximum absolute atomic E-state index is 3.96. The van der Waals surface area contributed by atoms with Crippen molar-refractivity contribution in [1.82, 2.24) is 0 Å². The van der Waals surface area contributed by atoms with E-state index in [0.29, 0.717) is 0 Å².